The summed E-state index contributed by atoms with van der Waals surface area (Å²) in [5.41, 5.74) is 0.0943. The lowest BCUT2D eigenvalue weighted by Gasteiger charge is -2.12. The van der Waals surface area contributed by atoms with Gasteiger partial charge in [-0.2, -0.15) is 0 Å². The zero-order valence-electron chi connectivity index (χ0n) is 12.6. The van der Waals surface area contributed by atoms with E-state index in [1.54, 1.807) is 7.05 Å². The summed E-state index contributed by atoms with van der Waals surface area (Å²) in [6, 6.07) is 3.89. The third-order valence-corrected chi connectivity index (χ3v) is 2.91. The van der Waals surface area contributed by atoms with Gasteiger partial charge in [-0.05, 0) is 31.9 Å². The first-order valence-corrected chi connectivity index (χ1v) is 7.14. The molecule has 0 bridgehead atoms. The second kappa shape index (κ2) is 10.1. The van der Waals surface area contributed by atoms with Crippen molar-refractivity contribution in [2.75, 3.05) is 33.4 Å². The standard InChI is InChI=1S/C15H23F2N3O/c1-3-21-11-5-9-19-15(18-2)20-10-8-12-13(16)6-4-7-14(12)17/h4,6-7H,3,5,8-11H2,1-2H3,(H2,18,19,20). The predicted octanol–water partition coefficient (Wildman–Crippen LogP) is 2.10. The Morgan fingerprint density at radius 3 is 2.48 bits per heavy atom. The van der Waals surface area contributed by atoms with E-state index in [1.165, 1.54) is 18.2 Å². The van der Waals surface area contributed by atoms with Crippen LogP contribution in [0.2, 0.25) is 0 Å². The van der Waals surface area contributed by atoms with Crippen molar-refractivity contribution in [1.82, 2.24) is 10.6 Å². The Balaban J connectivity index is 2.29. The SMILES string of the molecule is CCOCCCNC(=NC)NCCc1c(F)cccc1F. The number of nitrogens with one attached hydrogen (secondary N) is 2. The summed E-state index contributed by atoms with van der Waals surface area (Å²) >= 11 is 0. The fourth-order valence-corrected chi connectivity index (χ4v) is 1.82. The third-order valence-electron chi connectivity index (χ3n) is 2.91. The molecule has 1 aromatic rings. The minimum atomic E-state index is -0.517. The van der Waals surface area contributed by atoms with Crippen LogP contribution in [0.3, 0.4) is 0 Å². The van der Waals surface area contributed by atoms with Crippen LogP contribution in [0.25, 0.3) is 0 Å². The molecule has 0 saturated carbocycles. The fourth-order valence-electron chi connectivity index (χ4n) is 1.82. The van der Waals surface area contributed by atoms with Gasteiger partial charge in [-0.15, -0.1) is 0 Å². The van der Waals surface area contributed by atoms with Crippen LogP contribution in [0.4, 0.5) is 8.78 Å². The van der Waals surface area contributed by atoms with Gasteiger partial charge >= 0.3 is 0 Å². The van der Waals surface area contributed by atoms with Crippen LogP contribution in [-0.2, 0) is 11.2 Å². The first-order valence-electron chi connectivity index (χ1n) is 7.14. The van der Waals surface area contributed by atoms with Crippen molar-refractivity contribution in [3.63, 3.8) is 0 Å². The molecule has 2 N–H and O–H groups in total. The molecule has 0 aliphatic carbocycles. The molecule has 0 fully saturated rings. The van der Waals surface area contributed by atoms with Crippen LogP contribution in [0.5, 0.6) is 0 Å². The highest BCUT2D eigenvalue weighted by Crippen LogP contribution is 2.11. The molecule has 0 unspecified atom stereocenters. The average molecular weight is 299 g/mol. The van der Waals surface area contributed by atoms with Gasteiger partial charge in [-0.1, -0.05) is 6.07 Å². The van der Waals surface area contributed by atoms with Crippen molar-refractivity contribution < 1.29 is 13.5 Å². The summed E-state index contributed by atoms with van der Waals surface area (Å²) in [5.74, 6) is -0.420. The van der Waals surface area contributed by atoms with Crippen molar-refractivity contribution in [2.24, 2.45) is 4.99 Å². The maximum Gasteiger partial charge on any atom is 0.190 e. The first-order chi connectivity index (χ1) is 10.2. The lowest BCUT2D eigenvalue weighted by Crippen LogP contribution is -2.39. The van der Waals surface area contributed by atoms with Crippen LogP contribution < -0.4 is 10.6 Å². The molecule has 1 rings (SSSR count). The maximum absolute atomic E-state index is 13.5. The highest BCUT2D eigenvalue weighted by molar-refractivity contribution is 5.79. The Labute approximate surface area is 124 Å². The molecule has 4 nitrogen and oxygen atoms in total. The molecule has 0 saturated heterocycles. The van der Waals surface area contributed by atoms with E-state index in [0.717, 1.165) is 13.0 Å². The number of benzene rings is 1. The van der Waals surface area contributed by atoms with Gasteiger partial charge < -0.3 is 15.4 Å². The van der Waals surface area contributed by atoms with E-state index < -0.39 is 11.6 Å². The topological polar surface area (TPSA) is 45.6 Å². The average Bonchev–Trinajstić information content (AvgIpc) is 2.48. The normalized spacial score (nSPS) is 11.5. The summed E-state index contributed by atoms with van der Waals surface area (Å²) in [6.07, 6.45) is 1.13. The largest absolute Gasteiger partial charge is 0.382 e. The van der Waals surface area contributed by atoms with Crippen LogP contribution >= 0.6 is 0 Å². The van der Waals surface area contributed by atoms with Crippen molar-refractivity contribution in [3.05, 3.63) is 35.4 Å². The number of halogens is 2. The quantitative estimate of drug-likeness (QED) is 0.439. The highest BCUT2D eigenvalue weighted by Gasteiger charge is 2.07. The third kappa shape index (κ3) is 6.53. The second-order valence-electron chi connectivity index (χ2n) is 4.43. The summed E-state index contributed by atoms with van der Waals surface area (Å²) in [5, 5.41) is 6.14. The molecular weight excluding hydrogens is 276 g/mol. The van der Waals surface area contributed by atoms with E-state index in [-0.39, 0.29) is 12.0 Å². The number of hydrogen-bond donors (Lipinski definition) is 2. The highest BCUT2D eigenvalue weighted by atomic mass is 19.1. The minimum Gasteiger partial charge on any atom is -0.382 e. The van der Waals surface area contributed by atoms with Gasteiger partial charge in [0.2, 0.25) is 0 Å². The van der Waals surface area contributed by atoms with Gasteiger partial charge in [0.25, 0.3) is 0 Å². The summed E-state index contributed by atoms with van der Waals surface area (Å²) in [7, 11) is 1.65. The number of nitrogens with zero attached hydrogens (tertiary/aromatic N) is 1. The van der Waals surface area contributed by atoms with Crippen LogP contribution in [0.15, 0.2) is 23.2 Å². The molecule has 0 aromatic heterocycles. The maximum atomic E-state index is 13.5. The van der Waals surface area contributed by atoms with Gasteiger partial charge in [-0.25, -0.2) is 8.78 Å². The Hall–Kier alpha value is -1.69. The van der Waals surface area contributed by atoms with Gasteiger partial charge in [0.15, 0.2) is 5.96 Å². The van der Waals surface area contributed by atoms with Crippen molar-refractivity contribution >= 4 is 5.96 Å². The monoisotopic (exact) mass is 299 g/mol. The fraction of sp³-hybridized carbons (Fsp3) is 0.533. The molecule has 6 heteroatoms. The van der Waals surface area contributed by atoms with Crippen LogP contribution in [0.1, 0.15) is 18.9 Å². The number of hydrogen-bond acceptors (Lipinski definition) is 2. The number of rotatable bonds is 8. The molecule has 0 atom stereocenters. The van der Waals surface area contributed by atoms with E-state index in [0.29, 0.717) is 25.7 Å². The zero-order valence-corrected chi connectivity index (χ0v) is 12.6. The van der Waals surface area contributed by atoms with Gasteiger partial charge in [0.1, 0.15) is 11.6 Å². The van der Waals surface area contributed by atoms with Gasteiger partial charge in [-0.3, -0.25) is 4.99 Å². The van der Waals surface area contributed by atoms with Gasteiger partial charge in [0.05, 0.1) is 0 Å². The van der Waals surface area contributed by atoms with E-state index in [2.05, 4.69) is 15.6 Å². The summed E-state index contributed by atoms with van der Waals surface area (Å²) in [4.78, 5) is 4.05. The lowest BCUT2D eigenvalue weighted by molar-refractivity contribution is 0.145. The minimum absolute atomic E-state index is 0.0943. The van der Waals surface area contributed by atoms with Crippen molar-refractivity contribution in [3.8, 4) is 0 Å². The van der Waals surface area contributed by atoms with E-state index >= 15 is 0 Å². The van der Waals surface area contributed by atoms with Gasteiger partial charge in [0, 0.05) is 38.9 Å². The van der Waals surface area contributed by atoms with E-state index in [4.69, 9.17) is 4.74 Å². The summed E-state index contributed by atoms with van der Waals surface area (Å²) < 4.78 is 32.1. The van der Waals surface area contributed by atoms with Crippen LogP contribution in [-0.4, -0.2) is 39.3 Å². The molecule has 0 spiro atoms. The molecule has 0 heterocycles. The Morgan fingerprint density at radius 2 is 1.86 bits per heavy atom. The van der Waals surface area contributed by atoms with E-state index in [1.807, 2.05) is 6.92 Å². The van der Waals surface area contributed by atoms with Crippen molar-refractivity contribution in [2.45, 2.75) is 19.8 Å². The molecule has 0 amide bonds. The molecule has 0 aliphatic heterocycles. The van der Waals surface area contributed by atoms with Crippen LogP contribution in [0, 0.1) is 11.6 Å². The zero-order chi connectivity index (χ0) is 15.5. The van der Waals surface area contributed by atoms with E-state index in [9.17, 15) is 8.78 Å². The first kappa shape index (κ1) is 17.4. The number of guanidine groups is 1. The molecular formula is C15H23F2N3O. The molecule has 21 heavy (non-hydrogen) atoms. The lowest BCUT2D eigenvalue weighted by atomic mass is 10.1. The smallest absolute Gasteiger partial charge is 0.190 e. The molecule has 118 valence electrons. The number of ether oxygens (including phenoxy) is 1. The Morgan fingerprint density at radius 1 is 1.19 bits per heavy atom. The predicted molar refractivity (Wildman–Crippen MR) is 80.5 cm³/mol. The molecule has 0 radical (unpaired) electrons. The Bertz CT molecular complexity index is 432. The molecule has 0 aliphatic rings. The Kier molecular flexibility index (Phi) is 8.35. The van der Waals surface area contributed by atoms with Crippen molar-refractivity contribution in [1.29, 1.82) is 0 Å². The molecule has 1 aromatic carbocycles. The summed E-state index contributed by atoms with van der Waals surface area (Å²) in [6.45, 7) is 4.49. The second-order valence-corrected chi connectivity index (χ2v) is 4.43. The number of aliphatic imine (C=N–C) groups is 1.